The first kappa shape index (κ1) is 16.8. The van der Waals surface area contributed by atoms with Gasteiger partial charge >= 0.3 is 6.03 Å². The normalized spacial score (nSPS) is 14.3. The molecule has 0 unspecified atom stereocenters. The van der Waals surface area contributed by atoms with Gasteiger partial charge in [-0.2, -0.15) is 0 Å². The molecule has 0 radical (unpaired) electrons. The number of nitrogens with one attached hydrogen (secondary N) is 2. The fourth-order valence-corrected chi connectivity index (χ4v) is 2.94. The zero-order chi connectivity index (χ0) is 16.8. The molecule has 0 saturated carbocycles. The topological polar surface area (TPSA) is 53.6 Å². The van der Waals surface area contributed by atoms with E-state index in [0.717, 1.165) is 42.0 Å². The number of morpholine rings is 1. The molecule has 2 amide bonds. The Labute approximate surface area is 150 Å². The Balaban J connectivity index is 1.51. The van der Waals surface area contributed by atoms with Gasteiger partial charge in [-0.25, -0.2) is 4.79 Å². The van der Waals surface area contributed by atoms with E-state index in [9.17, 15) is 4.79 Å². The Morgan fingerprint density at radius 1 is 1.08 bits per heavy atom. The van der Waals surface area contributed by atoms with Crippen LogP contribution in [0.5, 0.6) is 0 Å². The number of urea groups is 1. The van der Waals surface area contributed by atoms with Crippen molar-refractivity contribution in [2.45, 2.75) is 6.54 Å². The van der Waals surface area contributed by atoms with Crippen LogP contribution in [0.4, 0.5) is 16.2 Å². The predicted molar refractivity (Wildman–Crippen MR) is 99.5 cm³/mol. The van der Waals surface area contributed by atoms with Crippen molar-refractivity contribution in [1.82, 2.24) is 5.32 Å². The van der Waals surface area contributed by atoms with Gasteiger partial charge in [0.15, 0.2) is 0 Å². The lowest BCUT2D eigenvalue weighted by Gasteiger charge is -2.28. The van der Waals surface area contributed by atoms with Gasteiger partial charge < -0.3 is 20.3 Å². The van der Waals surface area contributed by atoms with E-state index in [1.54, 1.807) is 0 Å². The molecule has 2 aromatic carbocycles. The highest BCUT2D eigenvalue weighted by Gasteiger charge is 2.11. The molecule has 0 aromatic heterocycles. The van der Waals surface area contributed by atoms with Gasteiger partial charge in [0.1, 0.15) is 0 Å². The summed E-state index contributed by atoms with van der Waals surface area (Å²) >= 11 is 3.41. The molecule has 0 atom stereocenters. The molecule has 0 bridgehead atoms. The van der Waals surface area contributed by atoms with E-state index in [1.807, 2.05) is 36.4 Å². The van der Waals surface area contributed by atoms with Gasteiger partial charge in [-0.3, -0.25) is 0 Å². The summed E-state index contributed by atoms with van der Waals surface area (Å²) in [6.45, 7) is 3.88. The lowest BCUT2D eigenvalue weighted by Crippen LogP contribution is -2.36. The van der Waals surface area contributed by atoms with E-state index >= 15 is 0 Å². The third-order valence-corrected chi connectivity index (χ3v) is 4.58. The molecular weight excluding hydrogens is 370 g/mol. The minimum Gasteiger partial charge on any atom is -0.378 e. The fraction of sp³-hybridized carbons (Fsp3) is 0.278. The van der Waals surface area contributed by atoms with Gasteiger partial charge in [0.05, 0.1) is 18.9 Å². The van der Waals surface area contributed by atoms with Crippen LogP contribution in [0.3, 0.4) is 0 Å². The summed E-state index contributed by atoms with van der Waals surface area (Å²) in [7, 11) is 0. The van der Waals surface area contributed by atoms with E-state index in [-0.39, 0.29) is 6.03 Å². The number of para-hydroxylation sites is 1. The standard InChI is InChI=1S/C18H20BrN3O2/c19-16-3-1-2-4-17(16)21-18(23)20-13-14-5-7-15(8-6-14)22-9-11-24-12-10-22/h1-8H,9-13H2,(H2,20,21,23). The van der Waals surface area contributed by atoms with Crippen LogP contribution in [-0.2, 0) is 11.3 Å². The smallest absolute Gasteiger partial charge is 0.319 e. The number of hydrogen-bond donors (Lipinski definition) is 2. The molecule has 5 nitrogen and oxygen atoms in total. The third-order valence-electron chi connectivity index (χ3n) is 3.89. The van der Waals surface area contributed by atoms with Gasteiger partial charge in [-0.15, -0.1) is 0 Å². The molecule has 0 spiro atoms. The number of halogens is 1. The molecule has 2 N–H and O–H groups in total. The molecule has 1 fully saturated rings. The molecule has 126 valence electrons. The third kappa shape index (κ3) is 4.49. The fourth-order valence-electron chi connectivity index (χ4n) is 2.56. The molecule has 1 heterocycles. The second kappa shape index (κ2) is 8.17. The van der Waals surface area contributed by atoms with Gasteiger partial charge in [0.2, 0.25) is 0 Å². The minimum absolute atomic E-state index is 0.223. The quantitative estimate of drug-likeness (QED) is 0.839. The van der Waals surface area contributed by atoms with E-state index in [1.165, 1.54) is 5.69 Å². The lowest BCUT2D eigenvalue weighted by atomic mass is 10.2. The molecular formula is C18H20BrN3O2. The number of carbonyl (C=O) groups is 1. The lowest BCUT2D eigenvalue weighted by molar-refractivity contribution is 0.122. The van der Waals surface area contributed by atoms with Gasteiger partial charge in [-0.1, -0.05) is 24.3 Å². The van der Waals surface area contributed by atoms with Crippen LogP contribution in [0.2, 0.25) is 0 Å². The Morgan fingerprint density at radius 3 is 2.50 bits per heavy atom. The Hall–Kier alpha value is -2.05. The second-order valence-corrected chi connectivity index (χ2v) is 6.41. The first-order valence-corrected chi connectivity index (χ1v) is 8.73. The molecule has 3 rings (SSSR count). The van der Waals surface area contributed by atoms with Crippen LogP contribution in [-0.4, -0.2) is 32.3 Å². The summed E-state index contributed by atoms with van der Waals surface area (Å²) in [6, 6.07) is 15.6. The first-order valence-electron chi connectivity index (χ1n) is 7.93. The zero-order valence-corrected chi connectivity index (χ0v) is 14.9. The number of nitrogens with zero attached hydrogens (tertiary/aromatic N) is 1. The number of amides is 2. The maximum Gasteiger partial charge on any atom is 0.319 e. The van der Waals surface area contributed by atoms with E-state index in [4.69, 9.17) is 4.74 Å². The van der Waals surface area contributed by atoms with Crippen molar-refractivity contribution in [1.29, 1.82) is 0 Å². The summed E-state index contributed by atoms with van der Waals surface area (Å²) in [5, 5.41) is 5.69. The molecule has 1 aliphatic heterocycles. The summed E-state index contributed by atoms with van der Waals surface area (Å²) in [4.78, 5) is 14.3. The SMILES string of the molecule is O=C(NCc1ccc(N2CCOCC2)cc1)Nc1ccccc1Br. The van der Waals surface area contributed by atoms with E-state index in [0.29, 0.717) is 6.54 Å². The molecule has 1 saturated heterocycles. The Bertz CT molecular complexity index is 685. The van der Waals surface area contributed by atoms with Gasteiger partial charge in [0, 0.05) is 29.8 Å². The molecule has 0 aliphatic carbocycles. The number of anilines is 2. The van der Waals surface area contributed by atoms with Crippen molar-refractivity contribution < 1.29 is 9.53 Å². The van der Waals surface area contributed by atoms with Crippen LogP contribution in [0.25, 0.3) is 0 Å². The van der Waals surface area contributed by atoms with Crippen molar-refractivity contribution in [2.75, 3.05) is 36.5 Å². The Morgan fingerprint density at radius 2 is 1.79 bits per heavy atom. The maximum atomic E-state index is 12.0. The second-order valence-electron chi connectivity index (χ2n) is 5.55. The summed E-state index contributed by atoms with van der Waals surface area (Å²) in [5.74, 6) is 0. The summed E-state index contributed by atoms with van der Waals surface area (Å²) in [6.07, 6.45) is 0. The number of carbonyl (C=O) groups excluding carboxylic acids is 1. The van der Waals surface area contributed by atoms with Crippen molar-refractivity contribution in [3.05, 3.63) is 58.6 Å². The van der Waals surface area contributed by atoms with Crippen molar-refractivity contribution in [2.24, 2.45) is 0 Å². The highest BCUT2D eigenvalue weighted by Crippen LogP contribution is 2.21. The summed E-state index contributed by atoms with van der Waals surface area (Å²) in [5.41, 5.74) is 3.01. The number of ether oxygens (including phenoxy) is 1. The van der Waals surface area contributed by atoms with Crippen LogP contribution in [0, 0.1) is 0 Å². The largest absolute Gasteiger partial charge is 0.378 e. The predicted octanol–water partition coefficient (Wildman–Crippen LogP) is 3.61. The summed E-state index contributed by atoms with van der Waals surface area (Å²) < 4.78 is 6.22. The maximum absolute atomic E-state index is 12.0. The van der Waals surface area contributed by atoms with Crippen molar-refractivity contribution in [3.8, 4) is 0 Å². The highest BCUT2D eigenvalue weighted by atomic mass is 79.9. The average molecular weight is 390 g/mol. The van der Waals surface area contributed by atoms with Crippen molar-refractivity contribution in [3.63, 3.8) is 0 Å². The number of hydrogen-bond acceptors (Lipinski definition) is 3. The highest BCUT2D eigenvalue weighted by molar-refractivity contribution is 9.10. The average Bonchev–Trinajstić information content (AvgIpc) is 2.63. The molecule has 1 aliphatic rings. The van der Waals surface area contributed by atoms with Gasteiger partial charge in [-0.05, 0) is 45.8 Å². The van der Waals surface area contributed by atoms with E-state index < -0.39 is 0 Å². The number of rotatable bonds is 4. The minimum atomic E-state index is -0.223. The monoisotopic (exact) mass is 389 g/mol. The zero-order valence-electron chi connectivity index (χ0n) is 13.3. The van der Waals surface area contributed by atoms with Crippen LogP contribution >= 0.6 is 15.9 Å². The van der Waals surface area contributed by atoms with Crippen LogP contribution in [0.1, 0.15) is 5.56 Å². The molecule has 6 heteroatoms. The first-order chi connectivity index (χ1) is 11.7. The van der Waals surface area contributed by atoms with Crippen LogP contribution in [0.15, 0.2) is 53.0 Å². The van der Waals surface area contributed by atoms with E-state index in [2.05, 4.69) is 43.6 Å². The Kier molecular flexibility index (Phi) is 5.72. The van der Waals surface area contributed by atoms with Gasteiger partial charge in [0.25, 0.3) is 0 Å². The molecule has 24 heavy (non-hydrogen) atoms. The number of benzene rings is 2. The van der Waals surface area contributed by atoms with Crippen LogP contribution < -0.4 is 15.5 Å². The molecule has 2 aromatic rings. The van der Waals surface area contributed by atoms with Crippen molar-refractivity contribution >= 4 is 33.3 Å².